The van der Waals surface area contributed by atoms with Gasteiger partial charge in [-0.2, -0.15) is 5.10 Å². The first kappa shape index (κ1) is 18.0. The minimum Gasteiger partial charge on any atom is -0.370 e. The van der Waals surface area contributed by atoms with Crippen molar-refractivity contribution in [2.75, 3.05) is 11.9 Å². The molecule has 24 heavy (non-hydrogen) atoms. The standard InChI is InChI=1S/C19H29N5/c1-5-16-9-7-10-17(6-2)18(16)22-19(20)21-11-8-12-24-15(4)13-14(3)23-24/h7,9-10,13H,5-6,8,11-12H2,1-4H3,(H3,20,21,22). The Labute approximate surface area is 145 Å². The second-order valence-corrected chi connectivity index (χ2v) is 6.05. The number of hydrogen-bond donors (Lipinski definition) is 2. The number of aliphatic imine (C=N–C) groups is 1. The predicted molar refractivity (Wildman–Crippen MR) is 102 cm³/mol. The number of para-hydroxylation sites is 1. The van der Waals surface area contributed by atoms with Gasteiger partial charge in [-0.05, 0) is 50.3 Å². The number of nitrogens with zero attached hydrogens (tertiary/aromatic N) is 3. The Hall–Kier alpha value is -2.30. The summed E-state index contributed by atoms with van der Waals surface area (Å²) in [6.07, 6.45) is 2.86. The van der Waals surface area contributed by atoms with E-state index < -0.39 is 0 Å². The Balaban J connectivity index is 1.94. The Morgan fingerprint density at radius 2 is 1.88 bits per heavy atom. The second kappa shape index (κ2) is 8.52. The highest BCUT2D eigenvalue weighted by Crippen LogP contribution is 2.22. The average Bonchev–Trinajstić information content (AvgIpc) is 2.89. The Kier molecular flexibility index (Phi) is 6.41. The van der Waals surface area contributed by atoms with Gasteiger partial charge < -0.3 is 11.1 Å². The summed E-state index contributed by atoms with van der Waals surface area (Å²) in [5.74, 6) is 0.485. The monoisotopic (exact) mass is 327 g/mol. The highest BCUT2D eigenvalue weighted by Gasteiger charge is 2.07. The largest absolute Gasteiger partial charge is 0.370 e. The molecular formula is C19H29N5. The molecule has 2 rings (SSSR count). The molecule has 1 aromatic carbocycles. The zero-order valence-corrected chi connectivity index (χ0v) is 15.3. The molecule has 5 nitrogen and oxygen atoms in total. The van der Waals surface area contributed by atoms with Crippen LogP contribution in [0.4, 0.5) is 5.69 Å². The van der Waals surface area contributed by atoms with Gasteiger partial charge in [-0.15, -0.1) is 0 Å². The Bertz CT molecular complexity index is 678. The SMILES string of the molecule is CCc1cccc(CC)c1NC(N)=NCCCn1nc(C)cc1C. The lowest BCUT2D eigenvalue weighted by Crippen LogP contribution is -2.24. The number of guanidine groups is 1. The molecule has 1 heterocycles. The normalized spacial score (nSPS) is 11.8. The smallest absolute Gasteiger partial charge is 0.193 e. The predicted octanol–water partition coefficient (Wildman–Crippen LogP) is 3.44. The van der Waals surface area contributed by atoms with E-state index in [0.717, 1.165) is 37.2 Å². The lowest BCUT2D eigenvalue weighted by Gasteiger charge is -2.14. The second-order valence-electron chi connectivity index (χ2n) is 6.05. The molecule has 0 saturated heterocycles. The molecular weight excluding hydrogens is 298 g/mol. The van der Waals surface area contributed by atoms with E-state index in [2.05, 4.69) is 60.4 Å². The molecule has 0 aliphatic carbocycles. The van der Waals surface area contributed by atoms with Crippen molar-refractivity contribution in [1.29, 1.82) is 0 Å². The van der Waals surface area contributed by atoms with E-state index >= 15 is 0 Å². The molecule has 0 bridgehead atoms. The van der Waals surface area contributed by atoms with E-state index in [1.54, 1.807) is 0 Å². The van der Waals surface area contributed by atoms with Crippen LogP contribution in [0.25, 0.3) is 0 Å². The summed E-state index contributed by atoms with van der Waals surface area (Å²) in [5.41, 5.74) is 12.0. The van der Waals surface area contributed by atoms with Crippen LogP contribution in [0.5, 0.6) is 0 Å². The van der Waals surface area contributed by atoms with Gasteiger partial charge in [0.1, 0.15) is 0 Å². The number of nitrogens with one attached hydrogen (secondary N) is 1. The summed E-state index contributed by atoms with van der Waals surface area (Å²) >= 11 is 0. The first-order valence-electron chi connectivity index (χ1n) is 8.73. The molecule has 0 aliphatic rings. The van der Waals surface area contributed by atoms with Crippen LogP contribution in [-0.2, 0) is 19.4 Å². The van der Waals surface area contributed by atoms with Crippen molar-refractivity contribution < 1.29 is 0 Å². The third-order valence-electron chi connectivity index (χ3n) is 4.17. The lowest BCUT2D eigenvalue weighted by molar-refractivity contribution is 0.568. The van der Waals surface area contributed by atoms with Crippen LogP contribution in [-0.4, -0.2) is 22.3 Å². The van der Waals surface area contributed by atoms with Gasteiger partial charge >= 0.3 is 0 Å². The molecule has 0 unspecified atom stereocenters. The Morgan fingerprint density at radius 3 is 2.42 bits per heavy atom. The van der Waals surface area contributed by atoms with E-state index in [1.165, 1.54) is 16.8 Å². The molecule has 2 aromatic rings. The van der Waals surface area contributed by atoms with Gasteiger partial charge in [0.2, 0.25) is 0 Å². The Morgan fingerprint density at radius 1 is 1.21 bits per heavy atom. The number of aryl methyl sites for hydroxylation is 5. The fraction of sp³-hybridized carbons (Fsp3) is 0.474. The molecule has 0 fully saturated rings. The quantitative estimate of drug-likeness (QED) is 0.465. The molecule has 1 aromatic heterocycles. The van der Waals surface area contributed by atoms with Gasteiger partial charge in [0.15, 0.2) is 5.96 Å². The lowest BCUT2D eigenvalue weighted by atomic mass is 10.0. The van der Waals surface area contributed by atoms with E-state index in [9.17, 15) is 0 Å². The summed E-state index contributed by atoms with van der Waals surface area (Å²) in [5, 5.41) is 7.76. The first-order chi connectivity index (χ1) is 11.5. The third-order valence-corrected chi connectivity index (χ3v) is 4.17. The molecule has 0 amide bonds. The number of benzene rings is 1. The number of rotatable bonds is 7. The molecule has 130 valence electrons. The molecule has 3 N–H and O–H groups in total. The first-order valence-corrected chi connectivity index (χ1v) is 8.73. The van der Waals surface area contributed by atoms with Crippen molar-refractivity contribution in [3.8, 4) is 0 Å². The van der Waals surface area contributed by atoms with Gasteiger partial charge in [-0.3, -0.25) is 9.67 Å². The number of nitrogens with two attached hydrogens (primary N) is 1. The maximum absolute atomic E-state index is 6.08. The van der Waals surface area contributed by atoms with Gasteiger partial charge in [0.05, 0.1) is 5.69 Å². The van der Waals surface area contributed by atoms with Crippen molar-refractivity contribution >= 4 is 11.6 Å². The fourth-order valence-corrected chi connectivity index (χ4v) is 2.89. The minimum absolute atomic E-state index is 0.485. The highest BCUT2D eigenvalue weighted by atomic mass is 15.3. The fourth-order valence-electron chi connectivity index (χ4n) is 2.89. The van der Waals surface area contributed by atoms with Crippen LogP contribution in [0.3, 0.4) is 0 Å². The van der Waals surface area contributed by atoms with Crippen LogP contribution in [0.2, 0.25) is 0 Å². The van der Waals surface area contributed by atoms with Gasteiger partial charge in [-0.1, -0.05) is 32.0 Å². The highest BCUT2D eigenvalue weighted by molar-refractivity contribution is 5.93. The molecule has 0 spiro atoms. The van der Waals surface area contributed by atoms with Gasteiger partial charge in [0.25, 0.3) is 0 Å². The number of hydrogen-bond acceptors (Lipinski definition) is 2. The maximum atomic E-state index is 6.08. The maximum Gasteiger partial charge on any atom is 0.193 e. The van der Waals surface area contributed by atoms with E-state index in [1.807, 2.05) is 11.6 Å². The summed E-state index contributed by atoms with van der Waals surface area (Å²) in [7, 11) is 0. The van der Waals surface area contributed by atoms with Crippen molar-refractivity contribution in [1.82, 2.24) is 9.78 Å². The van der Waals surface area contributed by atoms with E-state index in [0.29, 0.717) is 12.5 Å². The van der Waals surface area contributed by atoms with Crippen LogP contribution in [0.1, 0.15) is 42.8 Å². The summed E-state index contributed by atoms with van der Waals surface area (Å²) in [4.78, 5) is 4.46. The van der Waals surface area contributed by atoms with Crippen molar-refractivity contribution in [2.45, 2.75) is 53.5 Å². The summed E-state index contributed by atoms with van der Waals surface area (Å²) < 4.78 is 2.02. The van der Waals surface area contributed by atoms with Crippen LogP contribution < -0.4 is 11.1 Å². The van der Waals surface area contributed by atoms with Gasteiger partial charge in [0, 0.05) is 24.5 Å². The molecule has 0 saturated carbocycles. The molecule has 0 atom stereocenters. The van der Waals surface area contributed by atoms with Gasteiger partial charge in [-0.25, -0.2) is 0 Å². The zero-order valence-electron chi connectivity index (χ0n) is 15.3. The number of anilines is 1. The molecule has 0 aliphatic heterocycles. The summed E-state index contributed by atoms with van der Waals surface area (Å²) in [6.45, 7) is 9.95. The average molecular weight is 327 g/mol. The van der Waals surface area contributed by atoms with E-state index in [4.69, 9.17) is 5.73 Å². The van der Waals surface area contributed by atoms with Crippen LogP contribution >= 0.6 is 0 Å². The molecule has 5 heteroatoms. The third kappa shape index (κ3) is 4.60. The van der Waals surface area contributed by atoms with Crippen molar-refractivity contribution in [3.05, 3.63) is 46.8 Å². The molecule has 0 radical (unpaired) electrons. The van der Waals surface area contributed by atoms with E-state index in [-0.39, 0.29) is 0 Å². The minimum atomic E-state index is 0.485. The van der Waals surface area contributed by atoms with Crippen LogP contribution in [0, 0.1) is 13.8 Å². The topological polar surface area (TPSA) is 68.2 Å². The van der Waals surface area contributed by atoms with Crippen molar-refractivity contribution in [2.24, 2.45) is 10.7 Å². The van der Waals surface area contributed by atoms with Crippen molar-refractivity contribution in [3.63, 3.8) is 0 Å². The van der Waals surface area contributed by atoms with Crippen LogP contribution in [0.15, 0.2) is 29.3 Å². The number of aromatic nitrogens is 2. The zero-order chi connectivity index (χ0) is 17.5. The summed E-state index contributed by atoms with van der Waals surface area (Å²) in [6, 6.07) is 8.47.